The standard InChI is InChI=1S/C79H88N4O9S.Na/c1-47-16-17-56-39-64-28-31-66(56)69(47)42-72(93(88,89)90)71-41-60-37-59(40-65-35-49(46-84)11-6-13-55-38-63(85)27-30-67(55)76(60)91-65)74(71)53-22-25-61(26-23-53)79(92-64,83-77(80)81)44-62(34-48-9-4-3-5-10-48)78(87)32-8-15-58(43-78)51-18-20-54(21-19-51)75(86)68-29-24-52-12-7-14-57-33-50(45-82-2)36-70(68)73(52)57;/h3-5,7,9-10,12,14,18-23,25-28,30-31,33,36,38-39,41,47,49,58-59,62,65,68-69,71-72,74-76,82,84-87H,8,11,15-17,24,29,32,34-35,37,40,42-46H2,1-2H3,(H4,80,81,83)(H,88,89,90);/q;+1/p-1/t47-,49+,58-,59-,62-,65-,68+,69+,71-,72-,74+,75-,76-,78-,79-;/m1./s1. The Kier molecular flexibility index (Phi) is 19.3. The van der Waals surface area contributed by atoms with Crippen LogP contribution in [-0.4, -0.2) is 70.0 Å². The molecule has 1 saturated heterocycles. The quantitative estimate of drug-likeness (QED) is 0.0143. The van der Waals surface area contributed by atoms with Crippen LogP contribution in [0.2, 0.25) is 0 Å². The van der Waals surface area contributed by atoms with Crippen LogP contribution in [0.4, 0.5) is 0 Å². The zero-order chi connectivity index (χ0) is 64.3. The number of aliphatic imine (C=N–C) groups is 1. The number of phenols is 1. The van der Waals surface area contributed by atoms with Crippen molar-refractivity contribution in [3.8, 4) is 23.3 Å². The zero-order valence-corrected chi connectivity index (χ0v) is 57.1. The fourth-order valence-corrected chi connectivity index (χ4v) is 19.3. The van der Waals surface area contributed by atoms with Gasteiger partial charge in [0.05, 0.1) is 33.2 Å². The first kappa shape index (κ1) is 66.3. The van der Waals surface area contributed by atoms with Gasteiger partial charge in [-0.05, 0) is 235 Å². The van der Waals surface area contributed by atoms with E-state index in [1.165, 1.54) is 27.5 Å². The van der Waals surface area contributed by atoms with E-state index in [1.807, 2.05) is 79.9 Å². The first-order valence-electron chi connectivity index (χ1n) is 33.9. The molecule has 5 aliphatic heterocycles. The van der Waals surface area contributed by atoms with Gasteiger partial charge in [-0.15, -0.1) is 0 Å². The van der Waals surface area contributed by atoms with Gasteiger partial charge in [0.25, 0.3) is 0 Å². The van der Waals surface area contributed by atoms with Crippen molar-refractivity contribution in [2.75, 3.05) is 13.7 Å². The fourth-order valence-electron chi connectivity index (χ4n) is 18.2. The van der Waals surface area contributed by atoms with Crippen LogP contribution in [0.25, 0.3) is 10.8 Å². The summed E-state index contributed by atoms with van der Waals surface area (Å²) in [5, 5.41) is 52.1. The third-order valence-electron chi connectivity index (χ3n) is 22.7. The number of aliphatic hydroxyl groups is 3. The Morgan fingerprint density at radius 1 is 0.840 bits per heavy atom. The topological polar surface area (TPSA) is 233 Å². The second kappa shape index (κ2) is 27.3. The molecule has 13 nitrogen and oxygen atoms in total. The molecule has 10 bridgehead atoms. The number of aromatic hydroxyl groups is 1. The van der Waals surface area contributed by atoms with Gasteiger partial charge in [-0.3, -0.25) is 0 Å². The summed E-state index contributed by atoms with van der Waals surface area (Å²) in [4.78, 5) is 5.20. The molecule has 0 amide bonds. The maximum Gasteiger partial charge on any atom is 1.00 e. The first-order valence-corrected chi connectivity index (χ1v) is 35.4. The summed E-state index contributed by atoms with van der Waals surface area (Å²) < 4.78 is 58.1. The molecule has 16 rings (SSSR count). The van der Waals surface area contributed by atoms with Gasteiger partial charge in [0, 0.05) is 48.6 Å². The van der Waals surface area contributed by atoms with Crippen LogP contribution in [0.5, 0.6) is 11.5 Å². The summed E-state index contributed by atoms with van der Waals surface area (Å²) >= 11 is 0. The Bertz CT molecular complexity index is 4170. The molecule has 0 unspecified atom stereocenters. The van der Waals surface area contributed by atoms with Crippen molar-refractivity contribution in [2.24, 2.45) is 46.0 Å². The van der Waals surface area contributed by atoms with Crippen molar-refractivity contribution >= 4 is 26.9 Å². The van der Waals surface area contributed by atoms with Crippen molar-refractivity contribution in [2.45, 2.75) is 168 Å². The van der Waals surface area contributed by atoms with Gasteiger partial charge in [0.15, 0.2) is 5.96 Å². The van der Waals surface area contributed by atoms with Crippen LogP contribution in [0.15, 0.2) is 162 Å². The smallest absolute Gasteiger partial charge is 0.748 e. The van der Waals surface area contributed by atoms with Crippen LogP contribution in [0, 0.1) is 41.4 Å². The number of aliphatic hydroxyl groups excluding tert-OH is 2. The van der Waals surface area contributed by atoms with Crippen LogP contribution in [0.1, 0.15) is 187 Å². The number of nitrogens with two attached hydrogens (primary N) is 2. The summed E-state index contributed by atoms with van der Waals surface area (Å²) in [5.41, 5.74) is 23.0. The molecule has 9 aliphatic rings. The Morgan fingerprint density at radius 3 is 2.38 bits per heavy atom. The molecule has 1 saturated carbocycles. The SMILES string of the molecule is CNCc1cc2c3c(cccc3c1)CC[C@@H]2[C@H](O)c1ccc([C@@H]2CCC[C@](O)([C@H](Cc3ccccc3)C[C@@]3(N=C(N)N)Oc4ccc5c(c4)CC[C@@H](C)[C@@H]5C[C@@H](S(=O)(=O)[O-])[C@H]4C=C5C[C@H](C[C@H]6C[C@@H](CO)CC#Cc7cc(O)ccc7[C@@H]5O6)[C@@H]4c4ccc3cc4)C2)cc1.[Na+]. The van der Waals surface area contributed by atoms with E-state index in [9.17, 15) is 33.4 Å². The number of aryl methyl sites for hydroxylation is 2. The molecular formula is C79H87N4NaO9S. The van der Waals surface area contributed by atoms with Crippen molar-refractivity contribution < 1.29 is 72.4 Å². The van der Waals surface area contributed by atoms with Crippen LogP contribution in [-0.2, 0) is 46.4 Å². The number of allylic oxidation sites excluding steroid dienone is 1. The maximum absolute atomic E-state index is 14.4. The van der Waals surface area contributed by atoms with Gasteiger partial charge >= 0.3 is 29.6 Å². The Hall–Kier alpha value is -6.32. The minimum atomic E-state index is -4.97. The molecule has 4 aliphatic carbocycles. The number of rotatable bonds is 13. The molecule has 94 heavy (non-hydrogen) atoms. The fraction of sp³-hybridized carbons (Fsp3) is 0.430. The number of ether oxygens (including phenoxy) is 2. The number of nitrogens with zero attached hydrogens (tertiary/aromatic N) is 1. The molecule has 15 atom stereocenters. The minimum absolute atomic E-state index is 0. The third kappa shape index (κ3) is 13.2. The molecule has 2 fully saturated rings. The average Bonchev–Trinajstić information content (AvgIpc) is 1.28. The molecule has 7 aromatic rings. The molecule has 9 N–H and O–H groups in total. The number of hydrogen-bond acceptors (Lipinski definition) is 11. The van der Waals surface area contributed by atoms with Crippen LogP contribution in [0.3, 0.4) is 0 Å². The van der Waals surface area contributed by atoms with Crippen molar-refractivity contribution in [3.63, 3.8) is 0 Å². The summed E-state index contributed by atoms with van der Waals surface area (Å²) in [6, 6.07) is 49.0. The van der Waals surface area contributed by atoms with E-state index in [2.05, 4.69) is 90.8 Å². The van der Waals surface area contributed by atoms with E-state index in [-0.39, 0.29) is 102 Å². The molecule has 0 radical (unpaired) electrons. The van der Waals surface area contributed by atoms with Gasteiger partial charge in [-0.1, -0.05) is 140 Å². The van der Waals surface area contributed by atoms with Gasteiger partial charge in [0.1, 0.15) is 17.6 Å². The minimum Gasteiger partial charge on any atom is -0.748 e. The Balaban J connectivity index is 0.00000803. The Morgan fingerprint density at radius 2 is 1.62 bits per heavy atom. The number of guanidine groups is 1. The van der Waals surface area contributed by atoms with Gasteiger partial charge in [0.2, 0.25) is 5.72 Å². The predicted octanol–water partition coefficient (Wildman–Crippen LogP) is 9.79. The molecule has 7 aromatic carbocycles. The number of hydrogen-bond donors (Lipinski definition) is 7. The van der Waals surface area contributed by atoms with Gasteiger partial charge in [-0.2, -0.15) is 0 Å². The molecule has 15 heteroatoms. The second-order valence-corrected chi connectivity index (χ2v) is 30.1. The largest absolute Gasteiger partial charge is 1.00 e. The summed E-state index contributed by atoms with van der Waals surface area (Å²) in [7, 11) is -3.01. The van der Waals surface area contributed by atoms with Crippen LogP contribution >= 0.6 is 0 Å². The van der Waals surface area contributed by atoms with Gasteiger partial charge in [-0.25, -0.2) is 13.4 Å². The van der Waals surface area contributed by atoms with Crippen molar-refractivity contribution in [1.29, 1.82) is 0 Å². The van der Waals surface area contributed by atoms with E-state index < -0.39 is 56.7 Å². The van der Waals surface area contributed by atoms with E-state index in [0.29, 0.717) is 68.2 Å². The third-order valence-corrected chi connectivity index (χ3v) is 24.0. The van der Waals surface area contributed by atoms with Gasteiger partial charge < -0.3 is 51.2 Å². The number of nitrogens with one attached hydrogen (secondary N) is 1. The zero-order valence-electron chi connectivity index (χ0n) is 54.3. The van der Waals surface area contributed by atoms with E-state index >= 15 is 0 Å². The second-order valence-electron chi connectivity index (χ2n) is 28.5. The first-order chi connectivity index (χ1) is 44.9. The molecular weight excluding hydrogens is 1200 g/mol. The number of fused-ring (bicyclic) bond motifs is 8. The number of benzene rings is 7. The molecule has 0 aromatic heterocycles. The van der Waals surface area contributed by atoms with Crippen molar-refractivity contribution in [3.05, 3.63) is 224 Å². The predicted molar refractivity (Wildman–Crippen MR) is 362 cm³/mol. The summed E-state index contributed by atoms with van der Waals surface area (Å²) in [6.07, 6.45) is 9.00. The number of phenolic OH excluding ortho intramolecular Hbond substituents is 1. The van der Waals surface area contributed by atoms with E-state index in [0.717, 1.165) is 83.2 Å². The molecule has 484 valence electrons. The molecule has 5 heterocycles. The summed E-state index contributed by atoms with van der Waals surface area (Å²) in [5.74, 6) is 4.57. The monoisotopic (exact) mass is 1290 g/mol. The summed E-state index contributed by atoms with van der Waals surface area (Å²) in [6.45, 7) is 2.81. The van der Waals surface area contributed by atoms with E-state index in [4.69, 9.17) is 25.9 Å². The average molecular weight is 1290 g/mol. The molecule has 0 spiro atoms. The Labute approximate surface area is 575 Å². The van der Waals surface area contributed by atoms with Crippen LogP contribution < -0.4 is 51.1 Å². The van der Waals surface area contributed by atoms with E-state index in [1.54, 1.807) is 12.1 Å². The maximum atomic E-state index is 14.4. The van der Waals surface area contributed by atoms with Crippen molar-refractivity contribution in [1.82, 2.24) is 5.32 Å². The normalized spacial score (nSPS) is 29.2.